The van der Waals surface area contributed by atoms with E-state index < -0.39 is 46.4 Å². The van der Waals surface area contributed by atoms with Gasteiger partial charge in [-0.2, -0.15) is 5.26 Å². The lowest BCUT2D eigenvalue weighted by Crippen LogP contribution is -2.52. The van der Waals surface area contributed by atoms with Gasteiger partial charge in [0.15, 0.2) is 17.0 Å². The van der Waals surface area contributed by atoms with Gasteiger partial charge in [0.05, 0.1) is 16.5 Å². The second-order valence-electron chi connectivity index (χ2n) is 9.14. The maximum Gasteiger partial charge on any atom is 0.434 e. The lowest BCUT2D eigenvalue weighted by Gasteiger charge is -2.30. The molecule has 1 unspecified atom stereocenters. The Labute approximate surface area is 216 Å². The molecule has 3 aliphatic heterocycles. The zero-order valence-electron chi connectivity index (χ0n) is 20.1. The molecule has 4 rings (SSSR count). The number of ether oxygens (including phenoxy) is 1. The maximum atomic E-state index is 13.7. The van der Waals surface area contributed by atoms with Crippen LogP contribution in [0.2, 0.25) is 5.02 Å². The van der Waals surface area contributed by atoms with Crippen LogP contribution in [-0.4, -0.2) is 58.5 Å². The first-order valence-corrected chi connectivity index (χ1v) is 11.5. The molecule has 0 spiro atoms. The van der Waals surface area contributed by atoms with Crippen molar-refractivity contribution in [3.8, 4) is 6.07 Å². The number of amides is 3. The maximum absolute atomic E-state index is 13.7. The van der Waals surface area contributed by atoms with Crippen LogP contribution in [0.15, 0.2) is 58.3 Å². The average Bonchev–Trinajstić information content (AvgIpc) is 2.88. The number of allylic oxidation sites excluding steroid dienone is 1. The Bertz CT molecular complexity index is 1450. The van der Waals surface area contributed by atoms with Crippen molar-refractivity contribution >= 4 is 40.7 Å². The van der Waals surface area contributed by atoms with Gasteiger partial charge in [-0.15, -0.1) is 4.58 Å². The molecule has 0 aliphatic carbocycles. The van der Waals surface area contributed by atoms with E-state index in [1.165, 1.54) is 31.4 Å². The Balaban J connectivity index is 1.79. The molecule has 0 radical (unpaired) electrons. The largest absolute Gasteiger partial charge is 0.504 e. The molecular weight excluding hydrogens is 505 g/mol. The Morgan fingerprint density at radius 3 is 2.73 bits per heavy atom. The summed E-state index contributed by atoms with van der Waals surface area (Å²) in [5, 5.41) is 24.8. The molecule has 190 valence electrons. The highest BCUT2D eigenvalue weighted by molar-refractivity contribution is 6.52. The van der Waals surface area contributed by atoms with Crippen molar-refractivity contribution in [3.63, 3.8) is 0 Å². The van der Waals surface area contributed by atoms with Gasteiger partial charge in [-0.1, -0.05) is 17.7 Å². The summed E-state index contributed by atoms with van der Waals surface area (Å²) in [7, 11) is 1.30. The fourth-order valence-corrected chi connectivity index (χ4v) is 4.08. The first-order chi connectivity index (χ1) is 17.5. The topological polar surface area (TPSA) is 144 Å². The van der Waals surface area contributed by atoms with Gasteiger partial charge in [0.1, 0.15) is 5.82 Å². The zero-order valence-corrected chi connectivity index (χ0v) is 20.8. The SMILES string of the molecule is CNC(=O)C1=C(O)C2=NC=C(Cc3ccc(F)c(Cl)c3)C3OC(C(=O)NCC(C)(C)C#N)=C[N+](=C23)C1=O. The third-order valence-electron chi connectivity index (χ3n) is 5.90. The fourth-order valence-electron chi connectivity index (χ4n) is 3.88. The average molecular weight is 527 g/mol. The van der Waals surface area contributed by atoms with Crippen LogP contribution in [-0.2, 0) is 25.5 Å². The predicted octanol–water partition coefficient (Wildman–Crippen LogP) is 1.82. The zero-order chi connectivity index (χ0) is 27.1. The smallest absolute Gasteiger partial charge is 0.434 e. The molecule has 3 aliphatic rings. The van der Waals surface area contributed by atoms with Crippen molar-refractivity contribution in [3.05, 3.63) is 69.7 Å². The van der Waals surface area contributed by atoms with E-state index in [-0.39, 0.29) is 35.2 Å². The Morgan fingerprint density at radius 2 is 2.08 bits per heavy atom. The second kappa shape index (κ2) is 9.63. The molecule has 0 saturated carbocycles. The minimum absolute atomic E-state index is 0.00584. The molecule has 0 bridgehead atoms. The lowest BCUT2D eigenvalue weighted by atomic mass is 9.89. The summed E-state index contributed by atoms with van der Waals surface area (Å²) in [5.74, 6) is -3.87. The van der Waals surface area contributed by atoms with Crippen LogP contribution in [0, 0.1) is 22.6 Å². The number of halogens is 2. The van der Waals surface area contributed by atoms with Gasteiger partial charge in [0, 0.05) is 25.4 Å². The first kappa shape index (κ1) is 25.8. The number of aliphatic hydroxyl groups is 1. The van der Waals surface area contributed by atoms with Gasteiger partial charge < -0.3 is 20.5 Å². The number of nitrogens with one attached hydrogen (secondary N) is 2. The van der Waals surface area contributed by atoms with Gasteiger partial charge >= 0.3 is 5.91 Å². The molecule has 3 amide bonds. The highest BCUT2D eigenvalue weighted by Gasteiger charge is 2.52. The third-order valence-corrected chi connectivity index (χ3v) is 6.19. The van der Waals surface area contributed by atoms with E-state index in [9.17, 15) is 29.1 Å². The van der Waals surface area contributed by atoms with Crippen molar-refractivity contribution in [1.29, 1.82) is 5.26 Å². The van der Waals surface area contributed by atoms with Crippen LogP contribution in [0.1, 0.15) is 19.4 Å². The molecule has 1 atom stereocenters. The lowest BCUT2D eigenvalue weighted by molar-refractivity contribution is -0.385. The van der Waals surface area contributed by atoms with Gasteiger partial charge in [0.2, 0.25) is 12.3 Å². The number of benzene rings is 1. The van der Waals surface area contributed by atoms with Gasteiger partial charge in [-0.25, -0.2) is 14.2 Å². The van der Waals surface area contributed by atoms with Crippen LogP contribution in [0.3, 0.4) is 0 Å². The van der Waals surface area contributed by atoms with Crippen LogP contribution < -0.4 is 10.6 Å². The number of aliphatic hydroxyl groups excluding tert-OH is 1. The summed E-state index contributed by atoms with van der Waals surface area (Å²) in [6, 6.07) is 6.24. The number of hydrogen-bond donors (Lipinski definition) is 3. The number of nitriles is 1. The monoisotopic (exact) mass is 526 g/mol. The van der Waals surface area contributed by atoms with Crippen molar-refractivity contribution in [1.82, 2.24) is 10.6 Å². The van der Waals surface area contributed by atoms with Crippen LogP contribution in [0.25, 0.3) is 0 Å². The van der Waals surface area contributed by atoms with E-state index in [0.29, 0.717) is 11.1 Å². The predicted molar refractivity (Wildman–Crippen MR) is 130 cm³/mol. The minimum Gasteiger partial charge on any atom is -0.504 e. The fraction of sp³-hybridized carbons (Fsp3) is 0.280. The van der Waals surface area contributed by atoms with Gasteiger partial charge in [-0.3, -0.25) is 9.59 Å². The molecule has 0 fully saturated rings. The number of aliphatic imine (C=N–C) groups is 1. The number of carbonyl (C=O) groups excluding carboxylic acids is 3. The van der Waals surface area contributed by atoms with Crippen molar-refractivity contribution in [2.75, 3.05) is 13.6 Å². The number of hydrogen-bond acceptors (Lipinski definition) is 7. The van der Waals surface area contributed by atoms with Crippen LogP contribution in [0.5, 0.6) is 0 Å². The summed E-state index contributed by atoms with van der Waals surface area (Å²) in [4.78, 5) is 42.9. The molecule has 37 heavy (non-hydrogen) atoms. The Hall–Kier alpha value is -4.30. The molecule has 3 heterocycles. The molecule has 12 heteroatoms. The quantitative estimate of drug-likeness (QED) is 0.381. The van der Waals surface area contributed by atoms with E-state index in [0.717, 1.165) is 10.8 Å². The Kier molecular flexibility index (Phi) is 6.71. The van der Waals surface area contributed by atoms with Crippen LogP contribution >= 0.6 is 11.6 Å². The Morgan fingerprint density at radius 1 is 1.35 bits per heavy atom. The minimum atomic E-state index is -1.05. The molecule has 1 aromatic rings. The number of nitrogens with zero attached hydrogens (tertiary/aromatic N) is 3. The van der Waals surface area contributed by atoms with E-state index in [4.69, 9.17) is 16.3 Å². The third kappa shape index (κ3) is 4.75. The van der Waals surface area contributed by atoms with Crippen LogP contribution in [0.4, 0.5) is 4.39 Å². The van der Waals surface area contributed by atoms with E-state index in [1.807, 2.05) is 0 Å². The summed E-state index contributed by atoms with van der Waals surface area (Å²) in [6.45, 7) is 3.29. The summed E-state index contributed by atoms with van der Waals surface area (Å²) in [6.07, 6.45) is 1.62. The summed E-state index contributed by atoms with van der Waals surface area (Å²) in [5.41, 5.74) is -0.265. The van der Waals surface area contributed by atoms with E-state index in [1.54, 1.807) is 13.8 Å². The second-order valence-corrected chi connectivity index (χ2v) is 9.55. The normalized spacial score (nSPS) is 18.6. The number of likely N-dealkylation sites (N-methyl/N-ethyl adjacent to an activating group) is 1. The number of carbonyl (C=O) groups is 3. The molecule has 0 aromatic heterocycles. The van der Waals surface area contributed by atoms with E-state index in [2.05, 4.69) is 21.7 Å². The standard InChI is InChI=1S/C25H21ClFN5O5/c1-25(2,10-28)11-31-22(34)16-9-32-19-18(20(33)17(24(32)36)23(35)29-3)30-8-13(21(19)37-16)6-12-4-5-15(27)14(26)7-12/h4-5,7-9,21H,6,11H2,1-3H3,(H2-,29,31,33,34,35,36)/p+1. The van der Waals surface area contributed by atoms with Gasteiger partial charge in [0.25, 0.3) is 23.3 Å². The molecule has 1 aromatic carbocycles. The first-order valence-electron chi connectivity index (χ1n) is 11.1. The highest BCUT2D eigenvalue weighted by Crippen LogP contribution is 2.31. The van der Waals surface area contributed by atoms with Crippen molar-refractivity contribution in [2.24, 2.45) is 10.4 Å². The molecule has 10 nitrogen and oxygen atoms in total. The molecular formula is C25H22ClFN5O5+. The molecule has 0 saturated heterocycles. The summed E-state index contributed by atoms with van der Waals surface area (Å²) < 4.78 is 20.7. The van der Waals surface area contributed by atoms with Crippen molar-refractivity contribution in [2.45, 2.75) is 26.4 Å². The number of rotatable bonds is 6. The summed E-state index contributed by atoms with van der Waals surface area (Å²) >= 11 is 5.92. The molecule has 3 N–H and O–H groups in total. The van der Waals surface area contributed by atoms with E-state index >= 15 is 0 Å². The highest BCUT2D eigenvalue weighted by atomic mass is 35.5. The van der Waals surface area contributed by atoms with Gasteiger partial charge in [-0.05, 0) is 38.0 Å². The van der Waals surface area contributed by atoms with Crippen molar-refractivity contribution < 1.29 is 33.2 Å².